The molecule has 1 fully saturated rings. The molecule has 0 radical (unpaired) electrons. The predicted octanol–water partition coefficient (Wildman–Crippen LogP) is 3.19. The summed E-state index contributed by atoms with van der Waals surface area (Å²) in [7, 11) is 0. The first-order chi connectivity index (χ1) is 10.2. The second-order valence-electron chi connectivity index (χ2n) is 6.27. The van der Waals surface area contributed by atoms with Gasteiger partial charge in [-0.05, 0) is 38.8 Å². The van der Waals surface area contributed by atoms with Crippen LogP contribution in [0.1, 0.15) is 58.7 Å². The van der Waals surface area contributed by atoms with Crippen LogP contribution in [-0.2, 0) is 11.2 Å². The molecule has 120 valence electrons. The van der Waals surface area contributed by atoms with E-state index in [1.54, 1.807) is 0 Å². The van der Waals surface area contributed by atoms with E-state index < -0.39 is 0 Å². The SMILES string of the molecule is CCNC(Cc1ccn(C(CC)CC)n1)C1COC(C)C1. The second kappa shape index (κ2) is 7.95. The van der Waals surface area contributed by atoms with Crippen molar-refractivity contribution >= 4 is 0 Å². The van der Waals surface area contributed by atoms with Gasteiger partial charge in [0.05, 0.1) is 24.4 Å². The lowest BCUT2D eigenvalue weighted by atomic mass is 9.93. The van der Waals surface area contributed by atoms with Gasteiger partial charge >= 0.3 is 0 Å². The van der Waals surface area contributed by atoms with Gasteiger partial charge in [0.25, 0.3) is 0 Å². The normalized spacial score (nSPS) is 23.9. The fourth-order valence-electron chi connectivity index (χ4n) is 3.38. The van der Waals surface area contributed by atoms with Gasteiger partial charge in [-0.3, -0.25) is 4.68 Å². The summed E-state index contributed by atoms with van der Waals surface area (Å²) in [6.45, 7) is 10.7. The third kappa shape index (κ3) is 4.30. The van der Waals surface area contributed by atoms with E-state index in [2.05, 4.69) is 50.0 Å². The van der Waals surface area contributed by atoms with Crippen molar-refractivity contribution in [3.8, 4) is 0 Å². The maximum Gasteiger partial charge on any atom is 0.0640 e. The molecule has 0 spiro atoms. The number of ether oxygens (including phenoxy) is 1. The molecule has 21 heavy (non-hydrogen) atoms. The summed E-state index contributed by atoms with van der Waals surface area (Å²) >= 11 is 0. The molecular formula is C17H31N3O. The zero-order chi connectivity index (χ0) is 15.2. The van der Waals surface area contributed by atoms with Crippen LogP contribution >= 0.6 is 0 Å². The molecule has 0 bridgehead atoms. The van der Waals surface area contributed by atoms with Crippen LogP contribution in [0.4, 0.5) is 0 Å². The van der Waals surface area contributed by atoms with Gasteiger partial charge in [-0.15, -0.1) is 0 Å². The van der Waals surface area contributed by atoms with Gasteiger partial charge in [0.2, 0.25) is 0 Å². The maximum absolute atomic E-state index is 5.74. The van der Waals surface area contributed by atoms with E-state index in [9.17, 15) is 0 Å². The minimum absolute atomic E-state index is 0.401. The number of hydrogen-bond donors (Lipinski definition) is 1. The summed E-state index contributed by atoms with van der Waals surface area (Å²) in [6, 6.07) is 3.19. The summed E-state index contributed by atoms with van der Waals surface area (Å²) in [5.41, 5.74) is 1.20. The fourth-order valence-corrected chi connectivity index (χ4v) is 3.38. The Morgan fingerprint density at radius 2 is 2.14 bits per heavy atom. The van der Waals surface area contributed by atoms with E-state index in [-0.39, 0.29) is 0 Å². The van der Waals surface area contributed by atoms with Crippen LogP contribution in [0, 0.1) is 5.92 Å². The van der Waals surface area contributed by atoms with E-state index in [0.29, 0.717) is 24.1 Å². The Morgan fingerprint density at radius 1 is 1.38 bits per heavy atom. The first-order valence-corrected chi connectivity index (χ1v) is 8.56. The molecule has 1 aliphatic heterocycles. The van der Waals surface area contributed by atoms with Crippen LogP contribution in [-0.4, -0.2) is 35.1 Å². The molecule has 0 aromatic carbocycles. The highest BCUT2D eigenvalue weighted by Crippen LogP contribution is 2.24. The van der Waals surface area contributed by atoms with Gasteiger partial charge < -0.3 is 10.1 Å². The molecule has 2 heterocycles. The summed E-state index contributed by atoms with van der Waals surface area (Å²) in [6.07, 6.45) is 6.99. The van der Waals surface area contributed by atoms with Gasteiger partial charge in [0.1, 0.15) is 0 Å². The number of rotatable bonds is 8. The molecular weight excluding hydrogens is 262 g/mol. The number of hydrogen-bond acceptors (Lipinski definition) is 3. The van der Waals surface area contributed by atoms with Crippen molar-refractivity contribution in [2.24, 2.45) is 5.92 Å². The maximum atomic E-state index is 5.74. The van der Waals surface area contributed by atoms with Gasteiger partial charge in [-0.2, -0.15) is 5.10 Å². The predicted molar refractivity (Wildman–Crippen MR) is 86.5 cm³/mol. The zero-order valence-corrected chi connectivity index (χ0v) is 14.0. The largest absolute Gasteiger partial charge is 0.378 e. The molecule has 1 aromatic rings. The number of nitrogens with zero attached hydrogens (tertiary/aromatic N) is 2. The Bertz CT molecular complexity index is 414. The summed E-state index contributed by atoms with van der Waals surface area (Å²) in [5.74, 6) is 0.609. The number of likely N-dealkylation sites (N-methyl/N-ethyl adjacent to an activating group) is 1. The molecule has 0 saturated carbocycles. The lowest BCUT2D eigenvalue weighted by Gasteiger charge is -2.22. The Labute approximate surface area is 129 Å². The fraction of sp³-hybridized carbons (Fsp3) is 0.824. The molecule has 4 heteroatoms. The zero-order valence-electron chi connectivity index (χ0n) is 14.0. The highest BCUT2D eigenvalue weighted by atomic mass is 16.5. The Hall–Kier alpha value is -0.870. The molecule has 1 aliphatic rings. The summed E-state index contributed by atoms with van der Waals surface area (Å²) in [5, 5.41) is 8.43. The molecule has 4 nitrogen and oxygen atoms in total. The minimum Gasteiger partial charge on any atom is -0.378 e. The van der Waals surface area contributed by atoms with E-state index in [0.717, 1.165) is 38.8 Å². The van der Waals surface area contributed by atoms with Crippen molar-refractivity contribution in [2.75, 3.05) is 13.2 Å². The van der Waals surface area contributed by atoms with Crippen molar-refractivity contribution in [1.29, 1.82) is 0 Å². The first-order valence-electron chi connectivity index (χ1n) is 8.56. The summed E-state index contributed by atoms with van der Waals surface area (Å²) < 4.78 is 7.89. The lowest BCUT2D eigenvalue weighted by Crippen LogP contribution is -2.38. The average Bonchev–Trinajstić information content (AvgIpc) is 3.09. The molecule has 1 saturated heterocycles. The van der Waals surface area contributed by atoms with E-state index in [1.807, 2.05) is 0 Å². The van der Waals surface area contributed by atoms with E-state index >= 15 is 0 Å². The smallest absolute Gasteiger partial charge is 0.0640 e. The molecule has 3 unspecified atom stereocenters. The van der Waals surface area contributed by atoms with Crippen LogP contribution in [0.5, 0.6) is 0 Å². The van der Waals surface area contributed by atoms with Crippen molar-refractivity contribution in [1.82, 2.24) is 15.1 Å². The highest BCUT2D eigenvalue weighted by Gasteiger charge is 2.29. The molecule has 1 aromatic heterocycles. The van der Waals surface area contributed by atoms with Crippen molar-refractivity contribution in [3.63, 3.8) is 0 Å². The Kier molecular flexibility index (Phi) is 6.24. The van der Waals surface area contributed by atoms with Gasteiger partial charge in [-0.1, -0.05) is 20.8 Å². The van der Waals surface area contributed by atoms with Crippen molar-refractivity contribution < 1.29 is 4.74 Å². The van der Waals surface area contributed by atoms with Gasteiger partial charge in [0, 0.05) is 24.6 Å². The average molecular weight is 293 g/mol. The van der Waals surface area contributed by atoms with E-state index in [1.165, 1.54) is 5.69 Å². The number of nitrogens with one attached hydrogen (secondary N) is 1. The lowest BCUT2D eigenvalue weighted by molar-refractivity contribution is 0.117. The quantitative estimate of drug-likeness (QED) is 0.800. The van der Waals surface area contributed by atoms with Crippen molar-refractivity contribution in [3.05, 3.63) is 18.0 Å². The molecule has 3 atom stereocenters. The molecule has 1 N–H and O–H groups in total. The van der Waals surface area contributed by atoms with Gasteiger partial charge in [0.15, 0.2) is 0 Å². The third-order valence-electron chi connectivity index (χ3n) is 4.67. The summed E-state index contributed by atoms with van der Waals surface area (Å²) in [4.78, 5) is 0. The van der Waals surface area contributed by atoms with Crippen LogP contribution in [0.2, 0.25) is 0 Å². The first kappa shape index (κ1) is 16.5. The van der Waals surface area contributed by atoms with Crippen molar-refractivity contribution in [2.45, 2.75) is 71.6 Å². The monoisotopic (exact) mass is 293 g/mol. The Balaban J connectivity index is 2.00. The van der Waals surface area contributed by atoms with Gasteiger partial charge in [-0.25, -0.2) is 0 Å². The van der Waals surface area contributed by atoms with Crippen LogP contribution in [0.3, 0.4) is 0 Å². The van der Waals surface area contributed by atoms with Crippen LogP contribution in [0.25, 0.3) is 0 Å². The molecule has 2 rings (SSSR count). The molecule has 0 aliphatic carbocycles. The standard InChI is InChI=1S/C17H31N3O/c1-5-16(6-2)20-9-8-15(19-20)11-17(18-7-3)14-10-13(4)21-12-14/h8-9,13-14,16-18H,5-7,10-12H2,1-4H3. The Morgan fingerprint density at radius 3 is 2.71 bits per heavy atom. The topological polar surface area (TPSA) is 39.1 Å². The van der Waals surface area contributed by atoms with E-state index in [4.69, 9.17) is 9.84 Å². The molecule has 0 amide bonds. The second-order valence-corrected chi connectivity index (χ2v) is 6.27. The van der Waals surface area contributed by atoms with Crippen LogP contribution in [0.15, 0.2) is 12.3 Å². The van der Waals surface area contributed by atoms with Crippen LogP contribution < -0.4 is 5.32 Å². The third-order valence-corrected chi connectivity index (χ3v) is 4.67. The minimum atomic E-state index is 0.401. The highest BCUT2D eigenvalue weighted by molar-refractivity contribution is 5.04. The number of aromatic nitrogens is 2.